The lowest BCUT2D eigenvalue weighted by molar-refractivity contribution is -0.384. The molecule has 0 aliphatic carbocycles. The summed E-state index contributed by atoms with van der Waals surface area (Å²) in [6, 6.07) is 5.81. The normalized spacial score (nSPS) is 10.8. The molecule has 0 atom stereocenters. The summed E-state index contributed by atoms with van der Waals surface area (Å²) in [5.74, 6) is 0.00214. The van der Waals surface area contributed by atoms with Crippen molar-refractivity contribution in [3.05, 3.63) is 45.0 Å². The number of rotatable bonds is 4. The molecule has 3 rings (SSSR count). The number of aryl methyl sites for hydroxylation is 2. The maximum atomic E-state index is 12.5. The molecule has 0 radical (unpaired) electrons. The number of nitrogens with zero attached hydrogens (tertiary/aromatic N) is 3. The van der Waals surface area contributed by atoms with Crippen molar-refractivity contribution in [1.29, 1.82) is 0 Å². The second-order valence-electron chi connectivity index (χ2n) is 5.13. The molecule has 1 N–H and O–H groups in total. The van der Waals surface area contributed by atoms with E-state index >= 15 is 0 Å². The van der Waals surface area contributed by atoms with Crippen molar-refractivity contribution in [2.24, 2.45) is 7.05 Å². The Morgan fingerprint density at radius 3 is 2.79 bits per heavy atom. The summed E-state index contributed by atoms with van der Waals surface area (Å²) in [5, 5.41) is 18.8. The van der Waals surface area contributed by atoms with E-state index in [9.17, 15) is 14.9 Å². The highest BCUT2D eigenvalue weighted by Gasteiger charge is 2.18. The van der Waals surface area contributed by atoms with Gasteiger partial charge in [-0.3, -0.25) is 19.6 Å². The SMILES string of the molecule is COc1ccc([N+](=O)[O-])cc1NC(=O)c1cc2c(C)nn(C)c2s1. The van der Waals surface area contributed by atoms with Gasteiger partial charge in [-0.05, 0) is 19.1 Å². The molecule has 0 aliphatic rings. The third-order valence-electron chi connectivity index (χ3n) is 3.56. The van der Waals surface area contributed by atoms with Gasteiger partial charge in [0.15, 0.2) is 0 Å². The first-order chi connectivity index (χ1) is 11.4. The number of fused-ring (bicyclic) bond motifs is 1. The molecular formula is C15H14N4O4S. The number of nitro groups is 1. The van der Waals surface area contributed by atoms with E-state index in [0.717, 1.165) is 15.9 Å². The standard InChI is InChI=1S/C15H14N4O4S/c1-8-10-7-13(24-15(10)18(2)17-8)14(20)16-11-6-9(19(21)22)4-5-12(11)23-3/h4-7H,1-3H3,(H,16,20). The van der Waals surface area contributed by atoms with Gasteiger partial charge in [0.2, 0.25) is 0 Å². The average molecular weight is 346 g/mol. The van der Waals surface area contributed by atoms with Crippen LogP contribution in [-0.2, 0) is 7.05 Å². The molecule has 0 saturated heterocycles. The zero-order valence-corrected chi connectivity index (χ0v) is 14.0. The molecule has 124 valence electrons. The monoisotopic (exact) mass is 346 g/mol. The number of methoxy groups -OCH3 is 1. The quantitative estimate of drug-likeness (QED) is 0.578. The molecule has 8 nitrogen and oxygen atoms in total. The Balaban J connectivity index is 1.94. The van der Waals surface area contributed by atoms with E-state index in [-0.39, 0.29) is 17.3 Å². The van der Waals surface area contributed by atoms with Crippen LogP contribution in [0.1, 0.15) is 15.4 Å². The molecule has 1 aromatic carbocycles. The number of thiophene rings is 1. The van der Waals surface area contributed by atoms with Crippen molar-refractivity contribution in [1.82, 2.24) is 9.78 Å². The molecular weight excluding hydrogens is 332 g/mol. The summed E-state index contributed by atoms with van der Waals surface area (Å²) < 4.78 is 6.87. The topological polar surface area (TPSA) is 99.3 Å². The van der Waals surface area contributed by atoms with Crippen LogP contribution in [0.4, 0.5) is 11.4 Å². The maximum Gasteiger partial charge on any atom is 0.271 e. The number of hydrogen-bond acceptors (Lipinski definition) is 6. The Morgan fingerprint density at radius 1 is 1.42 bits per heavy atom. The molecule has 2 heterocycles. The van der Waals surface area contributed by atoms with E-state index in [4.69, 9.17) is 4.74 Å². The van der Waals surface area contributed by atoms with Gasteiger partial charge in [0.1, 0.15) is 10.6 Å². The van der Waals surface area contributed by atoms with E-state index in [1.54, 1.807) is 10.7 Å². The molecule has 1 amide bonds. The maximum absolute atomic E-state index is 12.5. The van der Waals surface area contributed by atoms with Crippen LogP contribution in [0, 0.1) is 17.0 Å². The number of ether oxygens (including phenoxy) is 1. The fourth-order valence-electron chi connectivity index (χ4n) is 2.41. The van der Waals surface area contributed by atoms with E-state index in [2.05, 4.69) is 10.4 Å². The Hall–Kier alpha value is -2.94. The van der Waals surface area contributed by atoms with Gasteiger partial charge < -0.3 is 10.1 Å². The Labute approximate surface area is 140 Å². The lowest BCUT2D eigenvalue weighted by Gasteiger charge is -2.09. The molecule has 0 bridgehead atoms. The number of nitro benzene ring substituents is 1. The van der Waals surface area contributed by atoms with Crippen LogP contribution < -0.4 is 10.1 Å². The minimum absolute atomic E-state index is 0.123. The zero-order valence-electron chi connectivity index (χ0n) is 13.2. The van der Waals surface area contributed by atoms with Crippen molar-refractivity contribution >= 4 is 38.8 Å². The molecule has 0 aliphatic heterocycles. The number of amides is 1. The zero-order chi connectivity index (χ0) is 17.4. The molecule has 9 heteroatoms. The minimum Gasteiger partial charge on any atom is -0.495 e. The number of carbonyl (C=O) groups is 1. The first-order valence-corrected chi connectivity index (χ1v) is 7.79. The van der Waals surface area contributed by atoms with Gasteiger partial charge in [0, 0.05) is 24.6 Å². The Bertz CT molecular complexity index is 925. The van der Waals surface area contributed by atoms with Crippen LogP contribution in [0.25, 0.3) is 10.2 Å². The molecule has 24 heavy (non-hydrogen) atoms. The second-order valence-corrected chi connectivity index (χ2v) is 6.16. The van der Waals surface area contributed by atoms with E-state index in [1.807, 2.05) is 14.0 Å². The first-order valence-electron chi connectivity index (χ1n) is 6.97. The number of carbonyl (C=O) groups excluding carboxylic acids is 1. The minimum atomic E-state index is -0.524. The largest absolute Gasteiger partial charge is 0.495 e. The van der Waals surface area contributed by atoms with Gasteiger partial charge in [0.25, 0.3) is 11.6 Å². The molecule has 0 fully saturated rings. The van der Waals surface area contributed by atoms with Crippen LogP contribution in [0.3, 0.4) is 0 Å². The van der Waals surface area contributed by atoms with Crippen molar-refractivity contribution < 1.29 is 14.5 Å². The fraction of sp³-hybridized carbons (Fsp3) is 0.200. The van der Waals surface area contributed by atoms with Gasteiger partial charge in [0.05, 0.1) is 28.3 Å². The molecule has 3 aromatic rings. The van der Waals surface area contributed by atoms with Crippen LogP contribution in [0.2, 0.25) is 0 Å². The molecule has 0 unspecified atom stereocenters. The highest BCUT2D eigenvalue weighted by Crippen LogP contribution is 2.31. The third-order valence-corrected chi connectivity index (χ3v) is 4.76. The number of non-ortho nitro benzene ring substituents is 1. The van der Waals surface area contributed by atoms with E-state index < -0.39 is 4.92 Å². The fourth-order valence-corrected chi connectivity index (χ4v) is 3.43. The van der Waals surface area contributed by atoms with Gasteiger partial charge >= 0.3 is 0 Å². The Kier molecular flexibility index (Phi) is 3.94. The van der Waals surface area contributed by atoms with Crippen LogP contribution >= 0.6 is 11.3 Å². The lowest BCUT2D eigenvalue weighted by atomic mass is 10.2. The Morgan fingerprint density at radius 2 is 2.17 bits per heavy atom. The molecule has 0 saturated carbocycles. The predicted molar refractivity (Wildman–Crippen MR) is 90.9 cm³/mol. The first kappa shape index (κ1) is 15.9. The van der Waals surface area contributed by atoms with Crippen molar-refractivity contribution in [3.63, 3.8) is 0 Å². The van der Waals surface area contributed by atoms with Crippen molar-refractivity contribution in [2.75, 3.05) is 12.4 Å². The van der Waals surface area contributed by atoms with Crippen LogP contribution in [-0.4, -0.2) is 27.7 Å². The van der Waals surface area contributed by atoms with Crippen LogP contribution in [0.5, 0.6) is 5.75 Å². The van der Waals surface area contributed by atoms with Crippen LogP contribution in [0.15, 0.2) is 24.3 Å². The summed E-state index contributed by atoms with van der Waals surface area (Å²) in [5.41, 5.74) is 0.974. The number of nitrogens with one attached hydrogen (secondary N) is 1. The highest BCUT2D eigenvalue weighted by atomic mass is 32.1. The number of aromatic nitrogens is 2. The molecule has 2 aromatic heterocycles. The summed E-state index contributed by atoms with van der Waals surface area (Å²) >= 11 is 1.31. The number of hydrogen-bond donors (Lipinski definition) is 1. The number of anilines is 1. The van der Waals surface area contributed by atoms with Crippen molar-refractivity contribution in [3.8, 4) is 5.75 Å². The lowest BCUT2D eigenvalue weighted by Crippen LogP contribution is -2.11. The average Bonchev–Trinajstić information content (AvgIpc) is 3.09. The molecule has 0 spiro atoms. The highest BCUT2D eigenvalue weighted by molar-refractivity contribution is 7.20. The smallest absolute Gasteiger partial charge is 0.271 e. The van der Waals surface area contributed by atoms with E-state index in [1.165, 1.54) is 36.6 Å². The van der Waals surface area contributed by atoms with Gasteiger partial charge in [-0.15, -0.1) is 11.3 Å². The van der Waals surface area contributed by atoms with Crippen molar-refractivity contribution in [2.45, 2.75) is 6.92 Å². The summed E-state index contributed by atoms with van der Waals surface area (Å²) in [7, 11) is 3.25. The predicted octanol–water partition coefficient (Wildman–Crippen LogP) is 3.11. The second kappa shape index (κ2) is 5.93. The van der Waals surface area contributed by atoms with Gasteiger partial charge in [-0.2, -0.15) is 5.10 Å². The summed E-state index contributed by atoms with van der Waals surface area (Å²) in [4.78, 5) is 24.3. The number of benzene rings is 1. The summed E-state index contributed by atoms with van der Waals surface area (Å²) in [6.07, 6.45) is 0. The third kappa shape index (κ3) is 2.69. The van der Waals surface area contributed by atoms with Gasteiger partial charge in [-0.25, -0.2) is 0 Å². The summed E-state index contributed by atoms with van der Waals surface area (Å²) in [6.45, 7) is 1.88. The van der Waals surface area contributed by atoms with E-state index in [0.29, 0.717) is 10.6 Å². The van der Waals surface area contributed by atoms with Gasteiger partial charge in [-0.1, -0.05) is 0 Å².